The predicted octanol–water partition coefficient (Wildman–Crippen LogP) is 4.30. The quantitative estimate of drug-likeness (QED) is 0.840. The molecule has 0 saturated heterocycles. The van der Waals surface area contributed by atoms with Crippen LogP contribution >= 0.6 is 11.3 Å². The Balaban J connectivity index is 2.06. The predicted molar refractivity (Wildman–Crippen MR) is 89.3 cm³/mol. The van der Waals surface area contributed by atoms with Crippen LogP contribution in [0.3, 0.4) is 0 Å². The van der Waals surface area contributed by atoms with E-state index < -0.39 is 0 Å². The second-order valence-electron chi connectivity index (χ2n) is 6.24. The first kappa shape index (κ1) is 14.3. The monoisotopic (exact) mass is 299 g/mol. The van der Waals surface area contributed by atoms with Gasteiger partial charge in [-0.15, -0.1) is 11.3 Å². The van der Waals surface area contributed by atoms with E-state index in [4.69, 9.17) is 5.73 Å². The molecule has 110 valence electrons. The molecular formula is C18H21NOS. The summed E-state index contributed by atoms with van der Waals surface area (Å²) in [4.78, 5) is 14.3. The Morgan fingerprint density at radius 3 is 2.81 bits per heavy atom. The van der Waals surface area contributed by atoms with Crippen molar-refractivity contribution in [2.45, 2.75) is 40.0 Å². The van der Waals surface area contributed by atoms with Gasteiger partial charge in [0.2, 0.25) is 0 Å². The fourth-order valence-electron chi connectivity index (χ4n) is 3.22. The number of nitrogen functional groups attached to an aromatic ring is 1. The summed E-state index contributed by atoms with van der Waals surface area (Å²) in [6.45, 7) is 6.31. The number of carbonyl (C=O) groups excluding carboxylic acids is 1. The van der Waals surface area contributed by atoms with Crippen LogP contribution in [0, 0.1) is 19.8 Å². The van der Waals surface area contributed by atoms with E-state index in [0.29, 0.717) is 10.9 Å². The molecule has 0 bridgehead atoms. The van der Waals surface area contributed by atoms with Crippen LogP contribution in [0.2, 0.25) is 0 Å². The minimum absolute atomic E-state index is 0.0945. The maximum atomic E-state index is 12.9. The number of rotatable bonds is 2. The van der Waals surface area contributed by atoms with Gasteiger partial charge in [0.25, 0.3) is 0 Å². The number of benzene rings is 1. The summed E-state index contributed by atoms with van der Waals surface area (Å²) in [5.41, 5.74) is 11.2. The van der Waals surface area contributed by atoms with E-state index in [2.05, 4.69) is 13.0 Å². The van der Waals surface area contributed by atoms with Gasteiger partial charge >= 0.3 is 0 Å². The Kier molecular flexibility index (Phi) is 3.62. The number of fused-ring (bicyclic) bond motifs is 1. The smallest absolute Gasteiger partial charge is 0.196 e. The number of anilines is 1. The fourth-order valence-corrected chi connectivity index (χ4v) is 4.50. The first-order chi connectivity index (χ1) is 9.97. The molecule has 1 aliphatic carbocycles. The average Bonchev–Trinajstić information content (AvgIpc) is 2.73. The molecule has 0 amide bonds. The van der Waals surface area contributed by atoms with E-state index in [-0.39, 0.29) is 5.78 Å². The highest BCUT2D eigenvalue weighted by molar-refractivity contribution is 7.16. The van der Waals surface area contributed by atoms with Crippen LogP contribution in [0.1, 0.15) is 50.8 Å². The van der Waals surface area contributed by atoms with Crippen molar-refractivity contribution in [1.29, 1.82) is 0 Å². The van der Waals surface area contributed by atoms with Crippen LogP contribution in [0.25, 0.3) is 0 Å². The van der Waals surface area contributed by atoms with Gasteiger partial charge in [-0.1, -0.05) is 30.7 Å². The van der Waals surface area contributed by atoms with Gasteiger partial charge in [-0.05, 0) is 50.2 Å². The third-order valence-corrected chi connectivity index (χ3v) is 5.48. The molecule has 2 N–H and O–H groups in total. The van der Waals surface area contributed by atoms with Crippen molar-refractivity contribution in [2.75, 3.05) is 5.73 Å². The molecule has 3 heteroatoms. The Morgan fingerprint density at radius 1 is 1.33 bits per heavy atom. The zero-order valence-corrected chi connectivity index (χ0v) is 13.6. The van der Waals surface area contributed by atoms with Gasteiger partial charge in [0, 0.05) is 10.4 Å². The zero-order valence-electron chi connectivity index (χ0n) is 12.8. The summed E-state index contributed by atoms with van der Waals surface area (Å²) in [5, 5.41) is 0.694. The Hall–Kier alpha value is -1.61. The van der Waals surface area contributed by atoms with Gasteiger partial charge in [0.1, 0.15) is 0 Å². The molecule has 2 nitrogen and oxygen atoms in total. The summed E-state index contributed by atoms with van der Waals surface area (Å²) in [7, 11) is 0. The lowest BCUT2D eigenvalue weighted by Gasteiger charge is -2.18. The number of nitrogens with two attached hydrogens (primary N) is 1. The Morgan fingerprint density at radius 2 is 2.10 bits per heavy atom. The van der Waals surface area contributed by atoms with Crippen molar-refractivity contribution < 1.29 is 4.79 Å². The van der Waals surface area contributed by atoms with E-state index in [1.54, 1.807) is 11.3 Å². The minimum atomic E-state index is 0.0945. The summed E-state index contributed by atoms with van der Waals surface area (Å²) in [6.07, 6.45) is 3.19. The number of hydrogen-bond donors (Lipinski definition) is 1. The van der Waals surface area contributed by atoms with Crippen molar-refractivity contribution in [3.05, 3.63) is 50.9 Å². The maximum absolute atomic E-state index is 12.9. The molecule has 0 saturated carbocycles. The second kappa shape index (κ2) is 5.30. The summed E-state index contributed by atoms with van der Waals surface area (Å²) >= 11 is 1.61. The van der Waals surface area contributed by atoms with E-state index in [9.17, 15) is 4.79 Å². The highest BCUT2D eigenvalue weighted by atomic mass is 32.1. The van der Waals surface area contributed by atoms with Crippen molar-refractivity contribution in [1.82, 2.24) is 0 Å². The molecule has 3 rings (SSSR count). The molecule has 0 spiro atoms. The van der Waals surface area contributed by atoms with Gasteiger partial charge in [0.05, 0.1) is 10.6 Å². The summed E-state index contributed by atoms with van der Waals surface area (Å²) < 4.78 is 0. The van der Waals surface area contributed by atoms with Crippen molar-refractivity contribution >= 4 is 22.1 Å². The van der Waals surface area contributed by atoms with Gasteiger partial charge in [0.15, 0.2) is 5.78 Å². The van der Waals surface area contributed by atoms with Crippen LogP contribution in [-0.4, -0.2) is 5.78 Å². The first-order valence-electron chi connectivity index (χ1n) is 7.49. The summed E-state index contributed by atoms with van der Waals surface area (Å²) in [6, 6.07) is 5.99. The van der Waals surface area contributed by atoms with Gasteiger partial charge in [-0.3, -0.25) is 4.79 Å². The second-order valence-corrected chi connectivity index (χ2v) is 7.38. The van der Waals surface area contributed by atoms with Crippen LogP contribution in [0.15, 0.2) is 18.2 Å². The van der Waals surface area contributed by atoms with E-state index in [1.807, 2.05) is 26.0 Å². The molecular weight excluding hydrogens is 278 g/mol. The molecule has 0 aliphatic heterocycles. The molecule has 1 aliphatic rings. The van der Waals surface area contributed by atoms with Crippen LogP contribution in [0.4, 0.5) is 5.00 Å². The van der Waals surface area contributed by atoms with Crippen LogP contribution in [0.5, 0.6) is 0 Å². The van der Waals surface area contributed by atoms with Crippen molar-refractivity contribution in [3.8, 4) is 0 Å². The number of ketones is 1. The highest BCUT2D eigenvalue weighted by Crippen LogP contribution is 2.39. The molecule has 1 unspecified atom stereocenters. The van der Waals surface area contributed by atoms with Gasteiger partial charge in [-0.25, -0.2) is 0 Å². The van der Waals surface area contributed by atoms with E-state index in [0.717, 1.165) is 36.0 Å². The van der Waals surface area contributed by atoms with Crippen LogP contribution < -0.4 is 5.73 Å². The molecule has 1 atom stereocenters. The number of carbonyl (C=O) groups is 1. The number of hydrogen-bond acceptors (Lipinski definition) is 3. The lowest BCUT2D eigenvalue weighted by atomic mass is 9.86. The maximum Gasteiger partial charge on any atom is 0.196 e. The van der Waals surface area contributed by atoms with Gasteiger partial charge in [-0.2, -0.15) is 0 Å². The van der Waals surface area contributed by atoms with Crippen molar-refractivity contribution in [2.24, 2.45) is 5.92 Å². The average molecular weight is 299 g/mol. The molecule has 0 radical (unpaired) electrons. The SMILES string of the molecule is Cc1ccc(C(=O)c2c(N)sc3c2CCC(C)C3)c(C)c1. The van der Waals surface area contributed by atoms with E-state index in [1.165, 1.54) is 16.0 Å². The Bertz CT molecular complexity index is 714. The van der Waals surface area contributed by atoms with Crippen LogP contribution in [-0.2, 0) is 12.8 Å². The fraction of sp³-hybridized carbons (Fsp3) is 0.389. The molecule has 0 fully saturated rings. The summed E-state index contributed by atoms with van der Waals surface area (Å²) in [5.74, 6) is 0.789. The largest absolute Gasteiger partial charge is 0.390 e. The zero-order chi connectivity index (χ0) is 15.1. The number of thiophene rings is 1. The lowest BCUT2D eigenvalue weighted by molar-refractivity contribution is 0.103. The van der Waals surface area contributed by atoms with Crippen molar-refractivity contribution in [3.63, 3.8) is 0 Å². The standard InChI is InChI=1S/C18H21NOS/c1-10-4-6-13(12(3)8-10)17(20)16-14-7-5-11(2)9-15(14)21-18(16)19/h4,6,8,11H,5,7,9,19H2,1-3H3. The lowest BCUT2D eigenvalue weighted by Crippen LogP contribution is -2.13. The third-order valence-electron chi connectivity index (χ3n) is 4.39. The molecule has 1 aromatic heterocycles. The minimum Gasteiger partial charge on any atom is -0.390 e. The normalized spacial score (nSPS) is 17.6. The molecule has 1 heterocycles. The highest BCUT2D eigenvalue weighted by Gasteiger charge is 2.27. The molecule has 21 heavy (non-hydrogen) atoms. The van der Waals surface area contributed by atoms with E-state index >= 15 is 0 Å². The molecule has 2 aromatic rings. The third kappa shape index (κ3) is 2.51. The van der Waals surface area contributed by atoms with Gasteiger partial charge < -0.3 is 5.73 Å². The Labute approximate surface area is 130 Å². The number of aryl methyl sites for hydroxylation is 2. The molecule has 1 aromatic carbocycles. The first-order valence-corrected chi connectivity index (χ1v) is 8.31. The topological polar surface area (TPSA) is 43.1 Å².